The molecule has 1 aliphatic carbocycles. The number of pyridine rings is 1. The molecule has 3 N–H and O–H groups in total. The zero-order chi connectivity index (χ0) is 21.4. The number of nitrogens with one attached hydrogen (secondary N) is 3. The summed E-state index contributed by atoms with van der Waals surface area (Å²) in [4.78, 5) is 23.9. The van der Waals surface area contributed by atoms with Crippen LogP contribution in [0.1, 0.15) is 32.6 Å². The van der Waals surface area contributed by atoms with E-state index in [4.69, 9.17) is 9.72 Å². The van der Waals surface area contributed by atoms with E-state index in [1.54, 1.807) is 20.2 Å². The fraction of sp³-hybridized carbons (Fsp3) is 0.364. The summed E-state index contributed by atoms with van der Waals surface area (Å²) < 4.78 is 7.46. The summed E-state index contributed by atoms with van der Waals surface area (Å²) in [6.45, 7) is 1.57. The highest BCUT2D eigenvalue weighted by Crippen LogP contribution is 2.35. The third-order valence-corrected chi connectivity index (χ3v) is 5.87. The number of carbonyl (C=O) groups is 1. The van der Waals surface area contributed by atoms with Crippen LogP contribution in [0.5, 0.6) is 5.88 Å². The zero-order valence-electron chi connectivity index (χ0n) is 17.6. The molecule has 31 heavy (non-hydrogen) atoms. The van der Waals surface area contributed by atoms with E-state index in [9.17, 15) is 4.79 Å². The Kier molecular flexibility index (Phi) is 4.93. The van der Waals surface area contributed by atoms with Crippen LogP contribution in [-0.4, -0.2) is 49.7 Å². The van der Waals surface area contributed by atoms with Crippen LogP contribution >= 0.6 is 0 Å². The highest BCUT2D eigenvalue weighted by molar-refractivity contribution is 5.98. The van der Waals surface area contributed by atoms with Crippen molar-refractivity contribution in [3.63, 3.8) is 0 Å². The van der Waals surface area contributed by atoms with Gasteiger partial charge in [-0.25, -0.2) is 4.52 Å². The van der Waals surface area contributed by atoms with Gasteiger partial charge in [-0.3, -0.25) is 4.79 Å². The Balaban J connectivity index is 1.40. The number of rotatable bonds is 5. The Hall–Kier alpha value is -3.62. The molecular weight excluding hydrogens is 394 g/mol. The van der Waals surface area contributed by atoms with Gasteiger partial charge in [0.2, 0.25) is 17.7 Å². The average molecular weight is 419 g/mol. The van der Waals surface area contributed by atoms with E-state index < -0.39 is 0 Å². The lowest BCUT2D eigenvalue weighted by molar-refractivity contribution is -0.119. The molecule has 0 bridgehead atoms. The van der Waals surface area contributed by atoms with Crippen LogP contribution in [0.25, 0.3) is 27.7 Å². The van der Waals surface area contributed by atoms with Gasteiger partial charge < -0.3 is 20.4 Å². The summed E-state index contributed by atoms with van der Waals surface area (Å²) in [6, 6.07) is 6.59. The lowest BCUT2D eigenvalue weighted by Gasteiger charge is -2.29. The molecule has 5 rings (SSSR count). The molecule has 0 unspecified atom stereocenters. The highest BCUT2D eigenvalue weighted by atomic mass is 16.5. The first kappa shape index (κ1) is 19.3. The number of amides is 1. The number of aromatic nitrogens is 5. The Morgan fingerprint density at radius 3 is 2.77 bits per heavy atom. The number of methoxy groups -OCH3 is 1. The maximum absolute atomic E-state index is 11.3. The van der Waals surface area contributed by atoms with Crippen molar-refractivity contribution in [3.05, 3.63) is 36.8 Å². The Labute approximate surface area is 179 Å². The number of fused-ring (bicyclic) bond motifs is 2. The second-order valence-corrected chi connectivity index (χ2v) is 7.99. The number of hydrogen-bond acceptors (Lipinski definition) is 6. The number of carbonyl (C=O) groups excluding carboxylic acids is 1. The summed E-state index contributed by atoms with van der Waals surface area (Å²) in [5, 5.41) is 11.6. The Morgan fingerprint density at radius 2 is 2.00 bits per heavy atom. The first-order valence-corrected chi connectivity index (χ1v) is 10.5. The fourth-order valence-electron chi connectivity index (χ4n) is 4.38. The molecule has 0 saturated heterocycles. The minimum atomic E-state index is 0.0323. The molecule has 1 saturated carbocycles. The van der Waals surface area contributed by atoms with E-state index in [0.717, 1.165) is 53.4 Å². The molecule has 1 amide bonds. The molecule has 9 heteroatoms. The van der Waals surface area contributed by atoms with Crippen molar-refractivity contribution in [2.45, 2.75) is 44.7 Å². The molecule has 4 aromatic rings. The van der Waals surface area contributed by atoms with Crippen LogP contribution in [0, 0.1) is 0 Å². The first-order valence-electron chi connectivity index (χ1n) is 10.5. The van der Waals surface area contributed by atoms with E-state index in [1.165, 1.54) is 0 Å². The van der Waals surface area contributed by atoms with Gasteiger partial charge in [0.1, 0.15) is 5.65 Å². The van der Waals surface area contributed by atoms with Gasteiger partial charge in [-0.2, -0.15) is 15.1 Å². The number of H-pyrrole nitrogens is 1. The van der Waals surface area contributed by atoms with E-state index in [1.807, 2.05) is 29.0 Å². The van der Waals surface area contributed by atoms with Gasteiger partial charge in [0.25, 0.3) is 0 Å². The predicted molar refractivity (Wildman–Crippen MR) is 118 cm³/mol. The summed E-state index contributed by atoms with van der Waals surface area (Å²) in [6.07, 6.45) is 9.45. The molecule has 1 aliphatic rings. The monoisotopic (exact) mass is 419 g/mol. The molecule has 0 spiro atoms. The number of aromatic amines is 1. The van der Waals surface area contributed by atoms with Gasteiger partial charge in [0.15, 0.2) is 0 Å². The molecule has 0 aromatic carbocycles. The Bertz CT molecular complexity index is 1240. The maximum Gasteiger partial charge on any atom is 0.228 e. The Morgan fingerprint density at radius 1 is 1.19 bits per heavy atom. The van der Waals surface area contributed by atoms with Crippen molar-refractivity contribution in [3.8, 4) is 17.0 Å². The van der Waals surface area contributed by atoms with Crippen LogP contribution < -0.4 is 15.4 Å². The summed E-state index contributed by atoms with van der Waals surface area (Å²) in [5.41, 5.74) is 3.76. The number of anilines is 1. The minimum Gasteiger partial charge on any atom is -0.480 e. The molecule has 4 heterocycles. The second-order valence-electron chi connectivity index (χ2n) is 7.99. The summed E-state index contributed by atoms with van der Waals surface area (Å²) in [5.74, 6) is 1.11. The molecule has 160 valence electrons. The van der Waals surface area contributed by atoms with Crippen LogP contribution in [0.2, 0.25) is 0 Å². The first-order chi connectivity index (χ1) is 15.1. The number of hydrogen-bond donors (Lipinski definition) is 3. The molecule has 0 aliphatic heterocycles. The molecule has 9 nitrogen and oxygen atoms in total. The lowest BCUT2D eigenvalue weighted by Crippen LogP contribution is -2.39. The fourth-order valence-corrected chi connectivity index (χ4v) is 4.38. The molecular formula is C22H25N7O2. The topological polar surface area (TPSA) is 109 Å². The van der Waals surface area contributed by atoms with Crippen molar-refractivity contribution in [2.75, 3.05) is 12.4 Å². The smallest absolute Gasteiger partial charge is 0.228 e. The number of ether oxygens (including phenoxy) is 1. The van der Waals surface area contributed by atoms with Crippen molar-refractivity contribution in [1.29, 1.82) is 0 Å². The molecule has 0 atom stereocenters. The minimum absolute atomic E-state index is 0.0323. The van der Waals surface area contributed by atoms with Crippen LogP contribution in [0.4, 0.5) is 5.95 Å². The largest absolute Gasteiger partial charge is 0.480 e. The maximum atomic E-state index is 11.3. The van der Waals surface area contributed by atoms with E-state index in [-0.39, 0.29) is 18.0 Å². The SMILES string of the molecule is COc1nc(N[C@H]2CC[C@H](NC(C)=O)CC2)nc2[nH]cc(-c3ccn4nccc4c3)c12. The van der Waals surface area contributed by atoms with Crippen LogP contribution in [0.15, 0.2) is 36.8 Å². The van der Waals surface area contributed by atoms with Gasteiger partial charge in [-0.05, 0) is 49.4 Å². The van der Waals surface area contributed by atoms with Crippen molar-refractivity contribution < 1.29 is 9.53 Å². The molecule has 0 radical (unpaired) electrons. The average Bonchev–Trinajstić information content (AvgIpc) is 3.40. The van der Waals surface area contributed by atoms with Crippen molar-refractivity contribution in [2.24, 2.45) is 0 Å². The van der Waals surface area contributed by atoms with Gasteiger partial charge in [-0.15, -0.1) is 0 Å². The van der Waals surface area contributed by atoms with Gasteiger partial charge in [0, 0.05) is 43.2 Å². The molecule has 1 fully saturated rings. The summed E-state index contributed by atoms with van der Waals surface area (Å²) in [7, 11) is 1.63. The lowest BCUT2D eigenvalue weighted by atomic mass is 9.91. The number of nitrogens with zero attached hydrogens (tertiary/aromatic N) is 4. The quantitative estimate of drug-likeness (QED) is 0.459. The van der Waals surface area contributed by atoms with E-state index in [2.05, 4.69) is 31.8 Å². The third kappa shape index (κ3) is 3.78. The molecule has 4 aromatic heterocycles. The predicted octanol–water partition coefficient (Wildman–Crippen LogP) is 3.14. The highest BCUT2D eigenvalue weighted by Gasteiger charge is 2.23. The normalized spacial score (nSPS) is 18.9. The second kappa shape index (κ2) is 7.90. The standard InChI is InChI=1S/C22H25N7O2/c1-13(30)25-15-3-5-16(6-4-15)26-22-27-20-19(21(28-22)31-2)18(12-23-20)14-8-10-29-17(11-14)7-9-24-29/h7-12,15-16H,3-6H2,1-2H3,(H,25,30)(H2,23,26,27,28)/t15-,16-. The van der Waals surface area contributed by atoms with Crippen LogP contribution in [0.3, 0.4) is 0 Å². The van der Waals surface area contributed by atoms with Gasteiger partial charge in [-0.1, -0.05) is 0 Å². The van der Waals surface area contributed by atoms with E-state index >= 15 is 0 Å². The van der Waals surface area contributed by atoms with E-state index in [0.29, 0.717) is 11.8 Å². The van der Waals surface area contributed by atoms with Gasteiger partial charge in [0.05, 0.1) is 18.0 Å². The van der Waals surface area contributed by atoms with Gasteiger partial charge >= 0.3 is 0 Å². The zero-order valence-corrected chi connectivity index (χ0v) is 17.6. The van der Waals surface area contributed by atoms with Crippen molar-refractivity contribution >= 4 is 28.4 Å². The van der Waals surface area contributed by atoms with Crippen molar-refractivity contribution in [1.82, 2.24) is 29.9 Å². The third-order valence-electron chi connectivity index (χ3n) is 5.87. The summed E-state index contributed by atoms with van der Waals surface area (Å²) >= 11 is 0. The van der Waals surface area contributed by atoms with Crippen LogP contribution in [-0.2, 0) is 4.79 Å².